The van der Waals surface area contributed by atoms with E-state index in [1.54, 1.807) is 6.20 Å². The molecule has 6 nitrogen and oxygen atoms in total. The number of carbonyl (C=O) groups excluding carboxylic acids is 1. The van der Waals surface area contributed by atoms with Crippen LogP contribution in [-0.2, 0) is 17.9 Å². The van der Waals surface area contributed by atoms with Crippen molar-refractivity contribution in [3.63, 3.8) is 0 Å². The van der Waals surface area contributed by atoms with E-state index in [-0.39, 0.29) is 17.6 Å². The van der Waals surface area contributed by atoms with Gasteiger partial charge in [0, 0.05) is 63.3 Å². The molecule has 1 amide bonds. The van der Waals surface area contributed by atoms with Crippen molar-refractivity contribution in [3.8, 4) is 0 Å². The molecule has 0 radical (unpaired) electrons. The Labute approximate surface area is 194 Å². The number of carbonyl (C=O) groups is 1. The predicted octanol–water partition coefficient (Wildman–Crippen LogP) is 4.02. The number of pyridine rings is 1. The average Bonchev–Trinajstić information content (AvgIpc) is 3.51. The predicted molar refractivity (Wildman–Crippen MR) is 124 cm³/mol. The molecule has 33 heavy (non-hydrogen) atoms. The second-order valence-electron chi connectivity index (χ2n) is 9.68. The zero-order valence-corrected chi connectivity index (χ0v) is 19.2. The molecular weight excluding hydrogens is 417 g/mol. The fraction of sp³-hybridized carbons (Fsp3) is 0.423. The smallest absolute Gasteiger partial charge is 0.231 e. The van der Waals surface area contributed by atoms with Gasteiger partial charge in [0.1, 0.15) is 5.82 Å². The van der Waals surface area contributed by atoms with Crippen LogP contribution in [0.3, 0.4) is 0 Å². The largest absolute Gasteiger partial charge is 0.338 e. The van der Waals surface area contributed by atoms with Crippen LogP contribution < -0.4 is 0 Å². The highest BCUT2D eigenvalue weighted by atomic mass is 19.1. The highest BCUT2D eigenvalue weighted by Gasteiger charge is 2.57. The number of nitrogens with zero attached hydrogens (tertiary/aromatic N) is 5. The summed E-state index contributed by atoms with van der Waals surface area (Å²) in [6.45, 7) is 7.73. The molecule has 2 fully saturated rings. The molecule has 2 aliphatic heterocycles. The third-order valence-corrected chi connectivity index (χ3v) is 7.14. The minimum absolute atomic E-state index is 0.0318. The molecule has 2 aliphatic rings. The van der Waals surface area contributed by atoms with E-state index in [2.05, 4.69) is 34.5 Å². The van der Waals surface area contributed by atoms with Crippen LogP contribution in [0.15, 0.2) is 61.3 Å². The molecule has 0 N–H and O–H groups in total. The fourth-order valence-electron chi connectivity index (χ4n) is 5.36. The van der Waals surface area contributed by atoms with Gasteiger partial charge in [-0.2, -0.15) is 0 Å². The third-order valence-electron chi connectivity index (χ3n) is 7.14. The number of benzene rings is 1. The summed E-state index contributed by atoms with van der Waals surface area (Å²) in [4.78, 5) is 27.1. The quantitative estimate of drug-likeness (QED) is 0.573. The van der Waals surface area contributed by atoms with Crippen LogP contribution in [0.5, 0.6) is 0 Å². The Morgan fingerprint density at radius 3 is 2.67 bits per heavy atom. The molecule has 1 aromatic carbocycles. The van der Waals surface area contributed by atoms with Crippen LogP contribution in [-0.4, -0.2) is 49.9 Å². The molecule has 3 aromatic rings. The van der Waals surface area contributed by atoms with Crippen molar-refractivity contribution in [3.05, 3.63) is 84.0 Å². The summed E-state index contributed by atoms with van der Waals surface area (Å²) in [5.41, 5.74) is 2.60. The van der Waals surface area contributed by atoms with E-state index in [9.17, 15) is 9.18 Å². The van der Waals surface area contributed by atoms with Gasteiger partial charge in [-0.25, -0.2) is 9.37 Å². The maximum Gasteiger partial charge on any atom is 0.231 e. The number of amides is 1. The second kappa shape index (κ2) is 8.71. The van der Waals surface area contributed by atoms with E-state index in [4.69, 9.17) is 4.98 Å². The van der Waals surface area contributed by atoms with E-state index in [1.807, 2.05) is 41.7 Å². The molecule has 7 heteroatoms. The van der Waals surface area contributed by atoms with E-state index in [0.717, 1.165) is 36.3 Å². The van der Waals surface area contributed by atoms with Crippen LogP contribution in [0, 0.1) is 11.2 Å². The van der Waals surface area contributed by atoms with Gasteiger partial charge in [0.15, 0.2) is 0 Å². The van der Waals surface area contributed by atoms with Crippen molar-refractivity contribution < 1.29 is 9.18 Å². The Bertz CT molecular complexity index is 1110. The highest BCUT2D eigenvalue weighted by Crippen LogP contribution is 2.50. The van der Waals surface area contributed by atoms with Gasteiger partial charge >= 0.3 is 0 Å². The number of aromatic nitrogens is 3. The fourth-order valence-corrected chi connectivity index (χ4v) is 5.36. The minimum Gasteiger partial charge on any atom is -0.338 e. The van der Waals surface area contributed by atoms with E-state index >= 15 is 0 Å². The monoisotopic (exact) mass is 447 g/mol. The van der Waals surface area contributed by atoms with Gasteiger partial charge < -0.3 is 9.47 Å². The number of hydrogen-bond donors (Lipinski definition) is 0. The lowest BCUT2D eigenvalue weighted by Gasteiger charge is -2.28. The Morgan fingerprint density at radius 1 is 1.15 bits per heavy atom. The molecule has 172 valence electrons. The average molecular weight is 448 g/mol. The van der Waals surface area contributed by atoms with Crippen LogP contribution in [0.4, 0.5) is 4.39 Å². The standard InChI is InChI=1S/C26H30FN5O/c1-19(2)32-16-24(29-18-32)23-15-30(13-20-5-7-22(27)8-6-20)17-26(23)9-11-31(25(26)33)14-21-4-3-10-28-12-21/h3-8,10,12,16,18-19,23H,9,11,13-15,17H2,1-2H3/t23-,26-/m0/s1. The number of hydrogen-bond acceptors (Lipinski definition) is 4. The van der Waals surface area contributed by atoms with Gasteiger partial charge in [-0.1, -0.05) is 18.2 Å². The van der Waals surface area contributed by atoms with Gasteiger partial charge in [0.2, 0.25) is 5.91 Å². The topological polar surface area (TPSA) is 54.3 Å². The summed E-state index contributed by atoms with van der Waals surface area (Å²) >= 11 is 0. The summed E-state index contributed by atoms with van der Waals surface area (Å²) in [6, 6.07) is 10.9. The third kappa shape index (κ3) is 4.17. The van der Waals surface area contributed by atoms with E-state index in [0.29, 0.717) is 25.7 Å². The molecular formula is C26H30FN5O. The van der Waals surface area contributed by atoms with E-state index in [1.165, 1.54) is 12.1 Å². The molecule has 0 unspecified atom stereocenters. The molecule has 2 atom stereocenters. The van der Waals surface area contributed by atoms with Gasteiger partial charge in [-0.15, -0.1) is 0 Å². The summed E-state index contributed by atoms with van der Waals surface area (Å²) < 4.78 is 15.5. The molecule has 0 bridgehead atoms. The van der Waals surface area contributed by atoms with Gasteiger partial charge in [0.25, 0.3) is 0 Å². The summed E-state index contributed by atoms with van der Waals surface area (Å²) in [5, 5.41) is 0. The Kier molecular flexibility index (Phi) is 5.74. The van der Waals surface area contributed by atoms with Crippen LogP contribution in [0.1, 0.15) is 49.0 Å². The van der Waals surface area contributed by atoms with Crippen molar-refractivity contribution in [2.24, 2.45) is 5.41 Å². The number of imidazole rings is 1. The van der Waals surface area contributed by atoms with Crippen molar-refractivity contribution in [2.45, 2.75) is 45.3 Å². The minimum atomic E-state index is -0.488. The molecule has 0 saturated carbocycles. The normalized spacial score (nSPS) is 23.3. The molecule has 2 saturated heterocycles. The van der Waals surface area contributed by atoms with Gasteiger partial charge in [-0.05, 0) is 49.6 Å². The van der Waals surface area contributed by atoms with Crippen molar-refractivity contribution >= 4 is 5.91 Å². The number of halogens is 1. The first-order chi connectivity index (χ1) is 15.9. The zero-order valence-electron chi connectivity index (χ0n) is 19.2. The number of likely N-dealkylation sites (tertiary alicyclic amines) is 2. The van der Waals surface area contributed by atoms with Gasteiger partial charge in [-0.3, -0.25) is 14.7 Å². The molecule has 5 rings (SSSR count). The highest BCUT2D eigenvalue weighted by molar-refractivity contribution is 5.86. The number of rotatable bonds is 6. The lowest BCUT2D eigenvalue weighted by molar-refractivity contribution is -0.136. The maximum absolute atomic E-state index is 13.9. The van der Waals surface area contributed by atoms with Crippen LogP contribution in [0.25, 0.3) is 0 Å². The van der Waals surface area contributed by atoms with Crippen LogP contribution in [0.2, 0.25) is 0 Å². The maximum atomic E-state index is 13.9. The van der Waals surface area contributed by atoms with E-state index < -0.39 is 5.41 Å². The van der Waals surface area contributed by atoms with Crippen LogP contribution >= 0.6 is 0 Å². The Hall–Kier alpha value is -3.06. The lowest BCUT2D eigenvalue weighted by Crippen LogP contribution is -2.39. The van der Waals surface area contributed by atoms with Crippen molar-refractivity contribution in [1.29, 1.82) is 0 Å². The summed E-state index contributed by atoms with van der Waals surface area (Å²) in [5.74, 6) is 0.00663. The molecule has 1 spiro atoms. The SMILES string of the molecule is CC(C)n1cnc([C@@H]2CN(Cc3ccc(F)cc3)C[C@@]23CCN(Cc2cccnc2)C3=O)c1. The van der Waals surface area contributed by atoms with Gasteiger partial charge in [0.05, 0.1) is 17.4 Å². The first-order valence-electron chi connectivity index (χ1n) is 11.6. The summed E-state index contributed by atoms with van der Waals surface area (Å²) in [7, 11) is 0. The molecule has 4 heterocycles. The zero-order chi connectivity index (χ0) is 23.0. The Morgan fingerprint density at radius 2 is 1.97 bits per heavy atom. The first kappa shape index (κ1) is 21.8. The second-order valence-corrected chi connectivity index (χ2v) is 9.68. The summed E-state index contributed by atoms with van der Waals surface area (Å²) in [6.07, 6.45) is 8.38. The first-order valence-corrected chi connectivity index (χ1v) is 11.6. The molecule has 2 aromatic heterocycles. The lowest BCUT2D eigenvalue weighted by atomic mass is 9.75. The van der Waals surface area contributed by atoms with Crippen molar-refractivity contribution in [1.82, 2.24) is 24.3 Å². The molecule has 0 aliphatic carbocycles. The van der Waals surface area contributed by atoms with Crippen molar-refractivity contribution in [2.75, 3.05) is 19.6 Å². The Balaban J connectivity index is 1.42.